The highest BCUT2D eigenvalue weighted by Crippen LogP contribution is 2.23. The van der Waals surface area contributed by atoms with Crippen molar-refractivity contribution in [2.24, 2.45) is 0 Å². The molecule has 0 bridgehead atoms. The molecule has 1 N–H and O–H groups in total. The first-order valence-corrected chi connectivity index (χ1v) is 7.71. The van der Waals surface area contributed by atoms with E-state index in [-0.39, 0.29) is 0 Å². The van der Waals surface area contributed by atoms with E-state index >= 15 is 0 Å². The summed E-state index contributed by atoms with van der Waals surface area (Å²) in [4.78, 5) is 8.92. The first kappa shape index (κ1) is 15.5. The van der Waals surface area contributed by atoms with Crippen molar-refractivity contribution in [2.45, 2.75) is 53.9 Å². The molecule has 2 rings (SSSR count). The largest absolute Gasteiger partial charge is 0.370 e. The van der Waals surface area contributed by atoms with Gasteiger partial charge in [-0.1, -0.05) is 20.3 Å². The molecule has 0 aliphatic carbocycles. The highest BCUT2D eigenvalue weighted by Gasteiger charge is 2.16. The summed E-state index contributed by atoms with van der Waals surface area (Å²) in [5, 5.41) is 8.05. The van der Waals surface area contributed by atoms with Crippen molar-refractivity contribution in [3.05, 3.63) is 28.8 Å². The Bertz CT molecular complexity index is 615. The topological polar surface area (TPSA) is 55.6 Å². The van der Waals surface area contributed by atoms with E-state index in [9.17, 15) is 0 Å². The lowest BCUT2D eigenvalue weighted by Gasteiger charge is -2.14. The number of aryl methyl sites for hydroxylation is 1. The number of nitrogens with one attached hydrogen (secondary N) is 1. The van der Waals surface area contributed by atoms with Crippen LogP contribution in [-0.2, 0) is 6.42 Å². The molecule has 114 valence electrons. The van der Waals surface area contributed by atoms with Gasteiger partial charge in [-0.15, -0.1) is 0 Å². The van der Waals surface area contributed by atoms with Crippen molar-refractivity contribution in [1.82, 2.24) is 19.7 Å². The Hall–Kier alpha value is -1.91. The molecule has 0 aliphatic rings. The van der Waals surface area contributed by atoms with Gasteiger partial charge in [-0.3, -0.25) is 0 Å². The first-order chi connectivity index (χ1) is 10.1. The summed E-state index contributed by atoms with van der Waals surface area (Å²) in [6.45, 7) is 11.5. The van der Waals surface area contributed by atoms with Gasteiger partial charge in [0, 0.05) is 17.8 Å². The maximum Gasteiger partial charge on any atom is 0.162 e. The molecule has 0 saturated heterocycles. The lowest BCUT2D eigenvalue weighted by atomic mass is 10.1. The van der Waals surface area contributed by atoms with Crippen molar-refractivity contribution in [3.63, 3.8) is 0 Å². The van der Waals surface area contributed by atoms with Crippen molar-refractivity contribution in [2.75, 3.05) is 11.9 Å². The molecule has 5 heteroatoms. The third kappa shape index (κ3) is 3.06. The maximum atomic E-state index is 4.64. The molecular formula is C16H25N5. The van der Waals surface area contributed by atoms with E-state index in [0.29, 0.717) is 0 Å². The third-order valence-corrected chi connectivity index (χ3v) is 3.82. The standard InChI is InChI=1S/C16H25N5/c1-6-8-14-15(17-9-7-2)18-10-19-16(14)21-13(5)11(3)12(4)20-21/h10H,6-9H2,1-5H3,(H,17,18,19). The van der Waals surface area contributed by atoms with Gasteiger partial charge in [0.15, 0.2) is 5.82 Å². The fourth-order valence-corrected chi connectivity index (χ4v) is 2.39. The molecule has 0 fully saturated rings. The second-order valence-electron chi connectivity index (χ2n) is 5.41. The maximum absolute atomic E-state index is 4.64. The fraction of sp³-hybridized carbons (Fsp3) is 0.562. The molecule has 0 atom stereocenters. The van der Waals surface area contributed by atoms with Crippen LogP contribution in [-0.4, -0.2) is 26.3 Å². The van der Waals surface area contributed by atoms with Crippen LogP contribution in [0.2, 0.25) is 0 Å². The minimum Gasteiger partial charge on any atom is -0.370 e. The summed E-state index contributed by atoms with van der Waals surface area (Å²) in [6.07, 6.45) is 4.70. The average Bonchev–Trinajstić information content (AvgIpc) is 2.74. The zero-order chi connectivity index (χ0) is 15.4. The Balaban J connectivity index is 2.53. The Kier molecular flexibility index (Phi) is 4.94. The van der Waals surface area contributed by atoms with Crippen LogP contribution in [0.25, 0.3) is 5.82 Å². The van der Waals surface area contributed by atoms with E-state index in [2.05, 4.69) is 48.1 Å². The second kappa shape index (κ2) is 6.70. The number of aromatic nitrogens is 4. The summed E-state index contributed by atoms with van der Waals surface area (Å²) in [5.74, 6) is 1.84. The van der Waals surface area contributed by atoms with Crippen LogP contribution in [0, 0.1) is 20.8 Å². The summed E-state index contributed by atoms with van der Waals surface area (Å²) in [5.41, 5.74) is 4.57. The Labute approximate surface area is 126 Å². The lowest BCUT2D eigenvalue weighted by molar-refractivity contribution is 0.771. The number of rotatable bonds is 6. The van der Waals surface area contributed by atoms with Gasteiger partial charge in [0.2, 0.25) is 0 Å². The summed E-state index contributed by atoms with van der Waals surface area (Å²) < 4.78 is 1.95. The van der Waals surface area contributed by atoms with Crippen LogP contribution in [0.3, 0.4) is 0 Å². The normalized spacial score (nSPS) is 10.9. The van der Waals surface area contributed by atoms with E-state index in [1.807, 2.05) is 11.6 Å². The molecular weight excluding hydrogens is 262 g/mol. The highest BCUT2D eigenvalue weighted by atomic mass is 15.3. The van der Waals surface area contributed by atoms with Gasteiger partial charge in [0.05, 0.1) is 5.69 Å². The predicted octanol–water partition coefficient (Wildman–Crippen LogP) is 3.36. The monoisotopic (exact) mass is 287 g/mol. The Morgan fingerprint density at radius 3 is 2.43 bits per heavy atom. The van der Waals surface area contributed by atoms with E-state index in [1.165, 1.54) is 5.56 Å². The van der Waals surface area contributed by atoms with Gasteiger partial charge in [-0.2, -0.15) is 5.10 Å². The molecule has 0 spiro atoms. The van der Waals surface area contributed by atoms with Crippen LogP contribution >= 0.6 is 0 Å². The highest BCUT2D eigenvalue weighted by molar-refractivity contribution is 5.52. The minimum atomic E-state index is 0.902. The molecule has 0 aromatic carbocycles. The third-order valence-electron chi connectivity index (χ3n) is 3.82. The average molecular weight is 287 g/mol. The lowest BCUT2D eigenvalue weighted by Crippen LogP contribution is -2.12. The molecule has 2 aromatic rings. The molecule has 2 heterocycles. The fourth-order valence-electron chi connectivity index (χ4n) is 2.39. The SMILES string of the molecule is CCCNc1ncnc(-n2nc(C)c(C)c2C)c1CCC. The minimum absolute atomic E-state index is 0.902. The Morgan fingerprint density at radius 1 is 1.10 bits per heavy atom. The van der Waals surface area contributed by atoms with Gasteiger partial charge in [0.25, 0.3) is 0 Å². The molecule has 21 heavy (non-hydrogen) atoms. The van der Waals surface area contributed by atoms with Gasteiger partial charge < -0.3 is 5.32 Å². The van der Waals surface area contributed by atoms with E-state index < -0.39 is 0 Å². The zero-order valence-electron chi connectivity index (χ0n) is 13.7. The number of nitrogens with zero attached hydrogens (tertiary/aromatic N) is 4. The number of hydrogen-bond acceptors (Lipinski definition) is 4. The molecule has 0 radical (unpaired) electrons. The second-order valence-corrected chi connectivity index (χ2v) is 5.41. The first-order valence-electron chi connectivity index (χ1n) is 7.71. The zero-order valence-corrected chi connectivity index (χ0v) is 13.7. The van der Waals surface area contributed by atoms with Crippen LogP contribution in [0.4, 0.5) is 5.82 Å². The molecule has 0 aliphatic heterocycles. The molecule has 0 saturated carbocycles. The van der Waals surface area contributed by atoms with Crippen molar-refractivity contribution in [1.29, 1.82) is 0 Å². The van der Waals surface area contributed by atoms with Crippen LogP contribution in [0.1, 0.15) is 49.2 Å². The summed E-state index contributed by atoms with van der Waals surface area (Å²) in [6, 6.07) is 0. The predicted molar refractivity (Wildman–Crippen MR) is 86.1 cm³/mol. The van der Waals surface area contributed by atoms with E-state index in [4.69, 9.17) is 0 Å². The summed E-state index contributed by atoms with van der Waals surface area (Å²) >= 11 is 0. The van der Waals surface area contributed by atoms with Crippen LogP contribution in [0.15, 0.2) is 6.33 Å². The number of anilines is 1. The van der Waals surface area contributed by atoms with Crippen molar-refractivity contribution in [3.8, 4) is 5.82 Å². The molecule has 0 amide bonds. The quantitative estimate of drug-likeness (QED) is 0.885. The van der Waals surface area contributed by atoms with Crippen molar-refractivity contribution < 1.29 is 0 Å². The smallest absolute Gasteiger partial charge is 0.162 e. The van der Waals surface area contributed by atoms with E-state index in [1.54, 1.807) is 6.33 Å². The molecule has 2 aromatic heterocycles. The van der Waals surface area contributed by atoms with Gasteiger partial charge >= 0.3 is 0 Å². The number of hydrogen-bond donors (Lipinski definition) is 1. The Morgan fingerprint density at radius 2 is 1.86 bits per heavy atom. The van der Waals surface area contributed by atoms with Crippen LogP contribution < -0.4 is 5.32 Å². The summed E-state index contributed by atoms with van der Waals surface area (Å²) in [7, 11) is 0. The van der Waals surface area contributed by atoms with Gasteiger partial charge in [-0.05, 0) is 39.2 Å². The van der Waals surface area contributed by atoms with Crippen molar-refractivity contribution >= 4 is 5.82 Å². The van der Waals surface area contributed by atoms with Gasteiger partial charge in [0.1, 0.15) is 12.1 Å². The molecule has 5 nitrogen and oxygen atoms in total. The van der Waals surface area contributed by atoms with Gasteiger partial charge in [-0.25, -0.2) is 14.6 Å². The van der Waals surface area contributed by atoms with Crippen LogP contribution in [0.5, 0.6) is 0 Å². The van der Waals surface area contributed by atoms with E-state index in [0.717, 1.165) is 54.4 Å². The molecule has 0 unspecified atom stereocenters.